The molecule has 1 N–H and O–H groups in total. The lowest BCUT2D eigenvalue weighted by Gasteiger charge is -2.20. The van der Waals surface area contributed by atoms with Crippen LogP contribution >= 0.6 is 0 Å². The van der Waals surface area contributed by atoms with Gasteiger partial charge in [0.1, 0.15) is 5.75 Å². The first-order valence-electron chi connectivity index (χ1n) is 6.19. The van der Waals surface area contributed by atoms with Crippen molar-refractivity contribution in [2.45, 2.75) is 19.8 Å². The molecule has 0 unspecified atom stereocenters. The van der Waals surface area contributed by atoms with Gasteiger partial charge < -0.3 is 14.7 Å². The zero-order chi connectivity index (χ0) is 14.3. The summed E-state index contributed by atoms with van der Waals surface area (Å²) in [5, 5.41) is 8.64. The highest BCUT2D eigenvalue weighted by Crippen LogP contribution is 2.13. The van der Waals surface area contributed by atoms with Crippen LogP contribution < -0.4 is 4.74 Å². The maximum absolute atomic E-state index is 12.0. The normalized spacial score (nSPS) is 10.0. The molecule has 0 saturated carbocycles. The van der Waals surface area contributed by atoms with Gasteiger partial charge in [-0.3, -0.25) is 9.59 Å². The fourth-order valence-electron chi connectivity index (χ4n) is 1.76. The summed E-state index contributed by atoms with van der Waals surface area (Å²) in [7, 11) is 1.58. The number of amides is 1. The van der Waals surface area contributed by atoms with Crippen molar-refractivity contribution in [2.75, 3.05) is 20.2 Å². The molecule has 0 heterocycles. The van der Waals surface area contributed by atoms with Crippen molar-refractivity contribution in [1.29, 1.82) is 0 Å². The second-order valence-electron chi connectivity index (χ2n) is 4.15. The lowest BCUT2D eigenvalue weighted by Crippen LogP contribution is -2.34. The molecule has 1 aromatic rings. The van der Waals surface area contributed by atoms with Crippen LogP contribution in [0.5, 0.6) is 5.75 Å². The Morgan fingerprint density at radius 2 is 2.11 bits per heavy atom. The second kappa shape index (κ2) is 7.41. The molecular formula is C14H19NO4. The highest BCUT2D eigenvalue weighted by Gasteiger charge is 2.13. The SMILES string of the molecule is CCN(CCC(=O)O)C(=O)Cc1cccc(OC)c1. The van der Waals surface area contributed by atoms with Crippen LogP contribution in [-0.2, 0) is 16.0 Å². The summed E-state index contributed by atoms with van der Waals surface area (Å²) in [6.45, 7) is 2.59. The van der Waals surface area contributed by atoms with Gasteiger partial charge in [0.2, 0.25) is 5.91 Å². The lowest BCUT2D eigenvalue weighted by atomic mass is 10.1. The van der Waals surface area contributed by atoms with Gasteiger partial charge in [-0.1, -0.05) is 12.1 Å². The largest absolute Gasteiger partial charge is 0.497 e. The molecule has 0 fully saturated rings. The first-order chi connectivity index (χ1) is 9.06. The maximum atomic E-state index is 12.0. The Balaban J connectivity index is 2.62. The van der Waals surface area contributed by atoms with E-state index in [0.717, 1.165) is 5.56 Å². The molecule has 1 rings (SSSR count). The van der Waals surface area contributed by atoms with E-state index in [-0.39, 0.29) is 25.3 Å². The maximum Gasteiger partial charge on any atom is 0.305 e. The molecule has 0 radical (unpaired) electrons. The number of likely N-dealkylation sites (N-methyl/N-ethyl adjacent to an activating group) is 1. The van der Waals surface area contributed by atoms with Crippen molar-refractivity contribution in [3.05, 3.63) is 29.8 Å². The van der Waals surface area contributed by atoms with Gasteiger partial charge in [0.05, 0.1) is 20.0 Å². The van der Waals surface area contributed by atoms with E-state index in [1.54, 1.807) is 12.0 Å². The molecule has 5 heteroatoms. The summed E-state index contributed by atoms with van der Waals surface area (Å²) in [6, 6.07) is 7.30. The van der Waals surface area contributed by atoms with Crippen LogP contribution in [0.25, 0.3) is 0 Å². The van der Waals surface area contributed by atoms with Gasteiger partial charge in [-0.2, -0.15) is 0 Å². The predicted molar refractivity (Wildman–Crippen MR) is 71.2 cm³/mol. The van der Waals surface area contributed by atoms with Crippen molar-refractivity contribution in [2.24, 2.45) is 0 Å². The molecule has 0 aliphatic rings. The number of carbonyl (C=O) groups is 2. The van der Waals surface area contributed by atoms with Gasteiger partial charge in [0.25, 0.3) is 0 Å². The van der Waals surface area contributed by atoms with E-state index in [4.69, 9.17) is 9.84 Å². The van der Waals surface area contributed by atoms with E-state index in [1.807, 2.05) is 31.2 Å². The summed E-state index contributed by atoms with van der Waals surface area (Å²) in [5.41, 5.74) is 0.859. The smallest absolute Gasteiger partial charge is 0.305 e. The molecule has 0 atom stereocenters. The topological polar surface area (TPSA) is 66.8 Å². The number of carbonyl (C=O) groups excluding carboxylic acids is 1. The lowest BCUT2D eigenvalue weighted by molar-refractivity contribution is -0.138. The number of hydrogen-bond donors (Lipinski definition) is 1. The monoisotopic (exact) mass is 265 g/mol. The Morgan fingerprint density at radius 1 is 1.37 bits per heavy atom. The average Bonchev–Trinajstić information content (AvgIpc) is 2.39. The van der Waals surface area contributed by atoms with Crippen LogP contribution in [-0.4, -0.2) is 42.1 Å². The highest BCUT2D eigenvalue weighted by atomic mass is 16.5. The van der Waals surface area contributed by atoms with Crippen LogP contribution in [0.15, 0.2) is 24.3 Å². The quantitative estimate of drug-likeness (QED) is 0.812. The molecular weight excluding hydrogens is 246 g/mol. The van der Waals surface area contributed by atoms with E-state index in [2.05, 4.69) is 0 Å². The number of carboxylic acid groups (broad SMARTS) is 1. The number of carboxylic acids is 1. The third-order valence-corrected chi connectivity index (χ3v) is 2.82. The van der Waals surface area contributed by atoms with Gasteiger partial charge in [0.15, 0.2) is 0 Å². The first kappa shape index (κ1) is 15.0. The second-order valence-corrected chi connectivity index (χ2v) is 4.15. The number of benzene rings is 1. The average molecular weight is 265 g/mol. The number of hydrogen-bond acceptors (Lipinski definition) is 3. The fourth-order valence-corrected chi connectivity index (χ4v) is 1.76. The van der Waals surface area contributed by atoms with E-state index in [1.165, 1.54) is 0 Å². The minimum absolute atomic E-state index is 0.0301. The van der Waals surface area contributed by atoms with E-state index < -0.39 is 5.97 Å². The number of methoxy groups -OCH3 is 1. The zero-order valence-electron chi connectivity index (χ0n) is 11.3. The number of ether oxygens (including phenoxy) is 1. The molecule has 1 aromatic carbocycles. The summed E-state index contributed by atoms with van der Waals surface area (Å²) in [6.07, 6.45) is 0.225. The minimum Gasteiger partial charge on any atom is -0.497 e. The Labute approximate surface area is 112 Å². The minimum atomic E-state index is -0.896. The number of rotatable bonds is 7. The van der Waals surface area contributed by atoms with E-state index in [9.17, 15) is 9.59 Å². The third-order valence-electron chi connectivity index (χ3n) is 2.82. The van der Waals surface area contributed by atoms with Crippen LogP contribution in [0.3, 0.4) is 0 Å². The van der Waals surface area contributed by atoms with Crippen LogP contribution in [0, 0.1) is 0 Å². The van der Waals surface area contributed by atoms with Gasteiger partial charge in [0, 0.05) is 13.1 Å². The van der Waals surface area contributed by atoms with Crippen LogP contribution in [0.1, 0.15) is 18.9 Å². The number of aliphatic carboxylic acids is 1. The zero-order valence-corrected chi connectivity index (χ0v) is 11.3. The Hall–Kier alpha value is -2.04. The van der Waals surface area contributed by atoms with E-state index >= 15 is 0 Å². The molecule has 0 aliphatic heterocycles. The van der Waals surface area contributed by atoms with Crippen LogP contribution in [0.4, 0.5) is 0 Å². The van der Waals surface area contributed by atoms with Gasteiger partial charge in [-0.05, 0) is 24.6 Å². The molecule has 0 aromatic heterocycles. The first-order valence-corrected chi connectivity index (χ1v) is 6.19. The summed E-state index contributed by atoms with van der Waals surface area (Å²) in [5.74, 6) is -0.261. The summed E-state index contributed by atoms with van der Waals surface area (Å²) in [4.78, 5) is 24.1. The molecule has 5 nitrogen and oxygen atoms in total. The van der Waals surface area contributed by atoms with Crippen LogP contribution in [0.2, 0.25) is 0 Å². The summed E-state index contributed by atoms with van der Waals surface area (Å²) < 4.78 is 5.10. The van der Waals surface area contributed by atoms with Gasteiger partial charge in [-0.15, -0.1) is 0 Å². The molecule has 0 spiro atoms. The Kier molecular flexibility index (Phi) is 5.85. The van der Waals surface area contributed by atoms with Gasteiger partial charge >= 0.3 is 5.97 Å². The highest BCUT2D eigenvalue weighted by molar-refractivity contribution is 5.79. The Bertz CT molecular complexity index is 445. The Morgan fingerprint density at radius 3 is 2.68 bits per heavy atom. The molecule has 19 heavy (non-hydrogen) atoms. The van der Waals surface area contributed by atoms with Crippen molar-refractivity contribution in [1.82, 2.24) is 4.90 Å². The fraction of sp³-hybridized carbons (Fsp3) is 0.429. The predicted octanol–water partition coefficient (Wildman–Crippen LogP) is 1.56. The standard InChI is InChI=1S/C14H19NO4/c1-3-15(8-7-14(17)18)13(16)10-11-5-4-6-12(9-11)19-2/h4-6,9H,3,7-8,10H2,1-2H3,(H,17,18). The number of nitrogens with zero attached hydrogens (tertiary/aromatic N) is 1. The molecule has 0 saturated heterocycles. The van der Waals surface area contributed by atoms with Crippen molar-refractivity contribution in [3.63, 3.8) is 0 Å². The van der Waals surface area contributed by atoms with Crippen molar-refractivity contribution < 1.29 is 19.4 Å². The molecule has 0 bridgehead atoms. The van der Waals surface area contributed by atoms with Crippen molar-refractivity contribution in [3.8, 4) is 5.75 Å². The third kappa shape index (κ3) is 4.99. The molecule has 0 aliphatic carbocycles. The molecule has 1 amide bonds. The van der Waals surface area contributed by atoms with Crippen molar-refractivity contribution >= 4 is 11.9 Å². The van der Waals surface area contributed by atoms with E-state index in [0.29, 0.717) is 12.3 Å². The van der Waals surface area contributed by atoms with Gasteiger partial charge in [-0.25, -0.2) is 0 Å². The summed E-state index contributed by atoms with van der Waals surface area (Å²) >= 11 is 0. The molecule has 104 valence electrons.